The molecule has 4 heteroatoms. The molecule has 0 aliphatic rings. The van der Waals surface area contributed by atoms with Crippen LogP contribution in [0.15, 0.2) is 36.7 Å². The van der Waals surface area contributed by atoms with E-state index in [2.05, 4.69) is 4.98 Å². The van der Waals surface area contributed by atoms with Gasteiger partial charge in [-0.3, -0.25) is 4.98 Å². The van der Waals surface area contributed by atoms with Crippen molar-refractivity contribution in [2.45, 2.75) is 0 Å². The molecule has 16 heavy (non-hydrogen) atoms. The number of anilines is 2. The molecule has 78 valence electrons. The number of rotatable bonds is 1. The minimum atomic E-state index is 0.499. The molecule has 0 saturated carbocycles. The second kappa shape index (κ2) is 3.91. The molecule has 0 amide bonds. The lowest BCUT2D eigenvalue weighted by Crippen LogP contribution is -1.93. The van der Waals surface area contributed by atoms with E-state index in [1.54, 1.807) is 30.5 Å². The first-order valence-corrected chi connectivity index (χ1v) is 4.71. The Bertz CT molecular complexity index is 569. The maximum absolute atomic E-state index is 8.79. The fourth-order valence-corrected chi connectivity index (χ4v) is 1.47. The molecule has 2 rings (SSSR count). The Hall–Kier alpha value is -2.54. The zero-order valence-electron chi connectivity index (χ0n) is 8.51. The van der Waals surface area contributed by atoms with Crippen LogP contribution in [0.25, 0.3) is 11.1 Å². The number of aromatic nitrogens is 1. The van der Waals surface area contributed by atoms with Crippen LogP contribution in [0.4, 0.5) is 11.4 Å². The van der Waals surface area contributed by atoms with Crippen molar-refractivity contribution in [3.63, 3.8) is 0 Å². The molecule has 0 aliphatic heterocycles. The van der Waals surface area contributed by atoms with Crippen LogP contribution in [-0.4, -0.2) is 4.98 Å². The van der Waals surface area contributed by atoms with Crippen LogP contribution in [0, 0.1) is 11.3 Å². The van der Waals surface area contributed by atoms with Crippen LogP contribution >= 0.6 is 0 Å². The zero-order chi connectivity index (χ0) is 11.5. The summed E-state index contributed by atoms with van der Waals surface area (Å²) in [5.74, 6) is 0. The Morgan fingerprint density at radius 1 is 1.12 bits per heavy atom. The van der Waals surface area contributed by atoms with E-state index in [1.165, 1.54) is 6.20 Å². The Labute approximate surface area is 93.1 Å². The topological polar surface area (TPSA) is 88.7 Å². The average Bonchev–Trinajstić information content (AvgIpc) is 2.32. The molecule has 4 nitrogen and oxygen atoms in total. The van der Waals surface area contributed by atoms with E-state index in [0.29, 0.717) is 16.9 Å². The second-order valence-electron chi connectivity index (χ2n) is 3.42. The number of nitrogens with two attached hydrogens (primary N) is 2. The molecule has 0 bridgehead atoms. The molecule has 0 atom stereocenters. The van der Waals surface area contributed by atoms with E-state index >= 15 is 0 Å². The highest BCUT2D eigenvalue weighted by Crippen LogP contribution is 2.27. The van der Waals surface area contributed by atoms with Crippen LogP contribution in [-0.2, 0) is 0 Å². The van der Waals surface area contributed by atoms with Crippen molar-refractivity contribution in [1.29, 1.82) is 5.26 Å². The van der Waals surface area contributed by atoms with E-state index in [0.717, 1.165) is 11.1 Å². The van der Waals surface area contributed by atoms with Crippen molar-refractivity contribution in [3.05, 3.63) is 42.2 Å². The van der Waals surface area contributed by atoms with E-state index in [-0.39, 0.29) is 0 Å². The number of nitrogen functional groups attached to an aromatic ring is 2. The second-order valence-corrected chi connectivity index (χ2v) is 3.42. The van der Waals surface area contributed by atoms with Gasteiger partial charge in [0.15, 0.2) is 0 Å². The van der Waals surface area contributed by atoms with E-state index < -0.39 is 0 Å². The standard InChI is InChI=1S/C12H10N4/c13-5-8-3-9(7-16-6-8)11-4-10(14)1-2-12(11)15/h1-4,6-7H,14-15H2. The molecule has 1 aromatic heterocycles. The first-order chi connectivity index (χ1) is 7.70. The van der Waals surface area contributed by atoms with Gasteiger partial charge >= 0.3 is 0 Å². The quantitative estimate of drug-likeness (QED) is 0.702. The number of hydrogen-bond donors (Lipinski definition) is 2. The van der Waals surface area contributed by atoms with Crippen molar-refractivity contribution in [3.8, 4) is 17.2 Å². The van der Waals surface area contributed by atoms with Crippen molar-refractivity contribution in [2.75, 3.05) is 11.5 Å². The van der Waals surface area contributed by atoms with Crippen LogP contribution in [0.3, 0.4) is 0 Å². The van der Waals surface area contributed by atoms with Gasteiger partial charge in [-0.1, -0.05) is 0 Å². The largest absolute Gasteiger partial charge is 0.399 e. The number of nitrogens with zero attached hydrogens (tertiary/aromatic N) is 2. The zero-order valence-corrected chi connectivity index (χ0v) is 8.51. The predicted octanol–water partition coefficient (Wildman–Crippen LogP) is 1.78. The third-order valence-corrected chi connectivity index (χ3v) is 2.26. The molecule has 0 fully saturated rings. The first kappa shape index (κ1) is 9.99. The van der Waals surface area contributed by atoms with Gasteiger partial charge in [0.05, 0.1) is 5.56 Å². The van der Waals surface area contributed by atoms with E-state index in [1.807, 2.05) is 6.07 Å². The lowest BCUT2D eigenvalue weighted by atomic mass is 10.0. The molecule has 0 spiro atoms. The lowest BCUT2D eigenvalue weighted by Gasteiger charge is -2.06. The number of benzene rings is 1. The van der Waals surface area contributed by atoms with Crippen molar-refractivity contribution >= 4 is 11.4 Å². The summed E-state index contributed by atoms with van der Waals surface area (Å²) in [6, 6.07) is 9.02. The summed E-state index contributed by atoms with van der Waals surface area (Å²) in [5.41, 5.74) is 14.9. The summed E-state index contributed by atoms with van der Waals surface area (Å²) < 4.78 is 0. The Kier molecular flexibility index (Phi) is 2.44. The maximum atomic E-state index is 8.79. The Morgan fingerprint density at radius 3 is 2.69 bits per heavy atom. The summed E-state index contributed by atoms with van der Waals surface area (Å²) in [6.45, 7) is 0. The third kappa shape index (κ3) is 1.79. The van der Waals surface area contributed by atoms with Gasteiger partial charge in [0.25, 0.3) is 0 Å². The molecule has 0 aliphatic carbocycles. The van der Waals surface area contributed by atoms with Gasteiger partial charge in [0.1, 0.15) is 6.07 Å². The van der Waals surface area contributed by atoms with Crippen molar-refractivity contribution in [2.24, 2.45) is 0 Å². The Morgan fingerprint density at radius 2 is 1.94 bits per heavy atom. The van der Waals surface area contributed by atoms with Gasteiger partial charge in [-0.05, 0) is 24.3 Å². The summed E-state index contributed by atoms with van der Waals surface area (Å²) >= 11 is 0. The molecule has 0 radical (unpaired) electrons. The molecular weight excluding hydrogens is 200 g/mol. The van der Waals surface area contributed by atoms with Gasteiger partial charge < -0.3 is 11.5 Å². The van der Waals surface area contributed by atoms with Crippen LogP contribution in [0.1, 0.15) is 5.56 Å². The van der Waals surface area contributed by atoms with Crippen LogP contribution in [0.5, 0.6) is 0 Å². The van der Waals surface area contributed by atoms with E-state index in [9.17, 15) is 0 Å². The van der Waals surface area contributed by atoms with Crippen molar-refractivity contribution < 1.29 is 0 Å². The summed E-state index contributed by atoms with van der Waals surface area (Å²) in [6.07, 6.45) is 3.16. The monoisotopic (exact) mass is 210 g/mol. The van der Waals surface area contributed by atoms with Crippen molar-refractivity contribution in [1.82, 2.24) is 4.98 Å². The smallest absolute Gasteiger partial charge is 0.101 e. The molecular formula is C12H10N4. The minimum absolute atomic E-state index is 0.499. The van der Waals surface area contributed by atoms with Gasteiger partial charge in [-0.15, -0.1) is 0 Å². The fraction of sp³-hybridized carbons (Fsp3) is 0. The summed E-state index contributed by atoms with van der Waals surface area (Å²) in [5, 5.41) is 8.79. The molecule has 4 N–H and O–H groups in total. The summed E-state index contributed by atoms with van der Waals surface area (Å²) in [7, 11) is 0. The highest BCUT2D eigenvalue weighted by molar-refractivity contribution is 5.79. The molecule has 0 unspecified atom stereocenters. The van der Waals surface area contributed by atoms with Crippen LogP contribution < -0.4 is 11.5 Å². The molecule has 0 saturated heterocycles. The highest BCUT2D eigenvalue weighted by Gasteiger charge is 2.04. The molecule has 1 heterocycles. The first-order valence-electron chi connectivity index (χ1n) is 4.71. The lowest BCUT2D eigenvalue weighted by molar-refractivity contribution is 1.30. The summed E-state index contributed by atoms with van der Waals surface area (Å²) in [4.78, 5) is 3.98. The minimum Gasteiger partial charge on any atom is -0.399 e. The average molecular weight is 210 g/mol. The Balaban J connectivity index is 2.58. The SMILES string of the molecule is N#Cc1cncc(-c2cc(N)ccc2N)c1. The van der Waals surface area contributed by atoms with E-state index in [4.69, 9.17) is 16.7 Å². The number of nitriles is 1. The van der Waals surface area contributed by atoms with Gasteiger partial charge in [-0.2, -0.15) is 5.26 Å². The number of pyridine rings is 1. The van der Waals surface area contributed by atoms with Gasteiger partial charge in [0.2, 0.25) is 0 Å². The highest BCUT2D eigenvalue weighted by atomic mass is 14.6. The predicted molar refractivity (Wildman–Crippen MR) is 63.2 cm³/mol. The maximum Gasteiger partial charge on any atom is 0.101 e. The molecule has 2 aromatic rings. The molecule has 1 aromatic carbocycles. The fourth-order valence-electron chi connectivity index (χ4n) is 1.47. The van der Waals surface area contributed by atoms with Crippen LogP contribution in [0.2, 0.25) is 0 Å². The number of hydrogen-bond acceptors (Lipinski definition) is 4. The third-order valence-electron chi connectivity index (χ3n) is 2.26. The van der Waals surface area contributed by atoms with Gasteiger partial charge in [-0.25, -0.2) is 0 Å². The normalized spacial score (nSPS) is 9.69. The van der Waals surface area contributed by atoms with Gasteiger partial charge in [0, 0.05) is 34.9 Å².